The van der Waals surface area contributed by atoms with Crippen molar-refractivity contribution in [3.8, 4) is 5.75 Å². The van der Waals surface area contributed by atoms with Gasteiger partial charge in [0.05, 0.1) is 7.11 Å². The largest absolute Gasteiger partial charge is 0.497 e. The molecule has 1 atom stereocenters. The maximum absolute atomic E-state index is 5.31. The normalized spacial score (nSPS) is 13.1. The van der Waals surface area contributed by atoms with E-state index in [9.17, 15) is 0 Å². The van der Waals surface area contributed by atoms with Gasteiger partial charge in [0.2, 0.25) is 0 Å². The highest BCUT2D eigenvalue weighted by atomic mass is 79.9. The molecule has 0 fully saturated rings. The molecule has 1 rings (SSSR count). The third-order valence-corrected chi connectivity index (χ3v) is 4.24. The lowest BCUT2D eigenvalue weighted by Gasteiger charge is -2.23. The number of halogens is 1. The van der Waals surface area contributed by atoms with Gasteiger partial charge in [0.25, 0.3) is 0 Å². The van der Waals surface area contributed by atoms with Crippen molar-refractivity contribution in [1.82, 2.24) is 5.32 Å². The van der Waals surface area contributed by atoms with Crippen molar-refractivity contribution in [2.45, 2.75) is 40.2 Å². The van der Waals surface area contributed by atoms with E-state index in [1.807, 2.05) is 6.07 Å². The van der Waals surface area contributed by atoms with E-state index in [2.05, 4.69) is 61.1 Å². The summed E-state index contributed by atoms with van der Waals surface area (Å²) in [6, 6.07) is 6.73. The molecule has 3 heteroatoms. The summed E-state index contributed by atoms with van der Waals surface area (Å²) in [5.41, 5.74) is 1.32. The van der Waals surface area contributed by atoms with E-state index in [4.69, 9.17) is 4.74 Å². The molecule has 0 aromatic heterocycles. The van der Waals surface area contributed by atoms with Gasteiger partial charge in [-0.25, -0.2) is 0 Å². The zero-order chi connectivity index (χ0) is 14.4. The van der Waals surface area contributed by atoms with Crippen LogP contribution in [0, 0.1) is 11.8 Å². The van der Waals surface area contributed by atoms with Crippen molar-refractivity contribution >= 4 is 15.9 Å². The van der Waals surface area contributed by atoms with Gasteiger partial charge in [-0.05, 0) is 48.6 Å². The van der Waals surface area contributed by atoms with Crippen molar-refractivity contribution < 1.29 is 4.74 Å². The minimum atomic E-state index is 0.537. The molecule has 108 valence electrons. The average Bonchev–Trinajstić information content (AvgIpc) is 2.35. The molecule has 0 radical (unpaired) electrons. The van der Waals surface area contributed by atoms with E-state index in [1.165, 1.54) is 10.0 Å². The number of rotatable bonds is 7. The van der Waals surface area contributed by atoms with Crippen LogP contribution in [0.5, 0.6) is 5.75 Å². The topological polar surface area (TPSA) is 21.3 Å². The molecule has 0 saturated heterocycles. The summed E-state index contributed by atoms with van der Waals surface area (Å²) < 4.78 is 6.48. The van der Waals surface area contributed by atoms with Gasteiger partial charge >= 0.3 is 0 Å². The molecule has 1 aromatic rings. The van der Waals surface area contributed by atoms with Crippen LogP contribution in [0.15, 0.2) is 22.7 Å². The maximum Gasteiger partial charge on any atom is 0.119 e. The summed E-state index contributed by atoms with van der Waals surface area (Å²) in [4.78, 5) is 0. The molecule has 0 aliphatic rings. The van der Waals surface area contributed by atoms with Crippen molar-refractivity contribution in [3.05, 3.63) is 28.2 Å². The summed E-state index contributed by atoms with van der Waals surface area (Å²) in [5.74, 6) is 2.22. The molecule has 0 amide bonds. The average molecular weight is 328 g/mol. The number of hydrogen-bond acceptors (Lipinski definition) is 2. The number of methoxy groups -OCH3 is 1. The predicted octanol–water partition coefficient (Wildman–Crippen LogP) is 4.27. The fraction of sp³-hybridized carbons (Fsp3) is 0.625. The van der Waals surface area contributed by atoms with Crippen molar-refractivity contribution in [3.63, 3.8) is 0 Å². The first kappa shape index (κ1) is 16.5. The van der Waals surface area contributed by atoms with E-state index < -0.39 is 0 Å². The molecular formula is C16H26BrNO. The Morgan fingerprint density at radius 1 is 1.21 bits per heavy atom. The first-order valence-corrected chi connectivity index (χ1v) is 7.79. The minimum Gasteiger partial charge on any atom is -0.497 e. The number of ether oxygens (including phenoxy) is 1. The Hall–Kier alpha value is -0.540. The zero-order valence-corrected chi connectivity index (χ0v) is 14.3. The highest BCUT2D eigenvalue weighted by molar-refractivity contribution is 9.10. The second kappa shape index (κ2) is 7.91. The van der Waals surface area contributed by atoms with Crippen LogP contribution in [-0.4, -0.2) is 19.7 Å². The van der Waals surface area contributed by atoms with E-state index >= 15 is 0 Å². The zero-order valence-electron chi connectivity index (χ0n) is 12.7. The Morgan fingerprint density at radius 2 is 1.89 bits per heavy atom. The van der Waals surface area contributed by atoms with Crippen molar-refractivity contribution in [2.24, 2.45) is 11.8 Å². The van der Waals surface area contributed by atoms with E-state index in [1.54, 1.807) is 7.11 Å². The van der Waals surface area contributed by atoms with Gasteiger partial charge in [-0.2, -0.15) is 0 Å². The fourth-order valence-electron chi connectivity index (χ4n) is 2.05. The molecule has 0 aliphatic carbocycles. The SMILES string of the molecule is COc1ccc(Br)c(CC(CNC(C)C)C(C)C)c1. The lowest BCUT2D eigenvalue weighted by Crippen LogP contribution is -2.32. The second-order valence-corrected chi connectivity index (χ2v) is 6.58. The van der Waals surface area contributed by atoms with Crippen LogP contribution in [0.2, 0.25) is 0 Å². The lowest BCUT2D eigenvalue weighted by molar-refractivity contribution is 0.348. The lowest BCUT2D eigenvalue weighted by atomic mass is 9.89. The second-order valence-electron chi connectivity index (χ2n) is 5.73. The Kier molecular flexibility index (Phi) is 6.87. The van der Waals surface area contributed by atoms with Crippen molar-refractivity contribution in [1.29, 1.82) is 0 Å². The summed E-state index contributed by atoms with van der Waals surface area (Å²) >= 11 is 3.64. The van der Waals surface area contributed by atoms with Gasteiger partial charge in [0.1, 0.15) is 5.75 Å². The van der Waals surface area contributed by atoms with Crippen LogP contribution in [-0.2, 0) is 6.42 Å². The van der Waals surface area contributed by atoms with Crippen molar-refractivity contribution in [2.75, 3.05) is 13.7 Å². The Bertz CT molecular complexity index is 390. The molecule has 0 bridgehead atoms. The van der Waals surface area contributed by atoms with Crippen LogP contribution < -0.4 is 10.1 Å². The molecule has 1 unspecified atom stereocenters. The highest BCUT2D eigenvalue weighted by Gasteiger charge is 2.16. The number of hydrogen-bond donors (Lipinski definition) is 1. The van der Waals surface area contributed by atoms with E-state index in [0.717, 1.165) is 18.7 Å². The number of nitrogens with one attached hydrogen (secondary N) is 1. The number of benzene rings is 1. The van der Waals surface area contributed by atoms with Gasteiger partial charge < -0.3 is 10.1 Å². The standard InChI is InChI=1S/C16H26BrNO/c1-11(2)14(10-18-12(3)4)8-13-9-15(19-5)6-7-16(13)17/h6-7,9,11-12,14,18H,8,10H2,1-5H3. The highest BCUT2D eigenvalue weighted by Crippen LogP contribution is 2.27. The molecule has 0 aliphatic heterocycles. The summed E-state index contributed by atoms with van der Waals surface area (Å²) in [6.07, 6.45) is 1.06. The quantitative estimate of drug-likeness (QED) is 0.807. The first-order chi connectivity index (χ1) is 8.93. The molecule has 1 aromatic carbocycles. The predicted molar refractivity (Wildman–Crippen MR) is 85.9 cm³/mol. The first-order valence-electron chi connectivity index (χ1n) is 6.99. The third-order valence-electron chi connectivity index (χ3n) is 3.47. The van der Waals surface area contributed by atoms with Gasteiger partial charge in [0, 0.05) is 10.5 Å². The van der Waals surface area contributed by atoms with Crippen LogP contribution >= 0.6 is 15.9 Å². The summed E-state index contributed by atoms with van der Waals surface area (Å²) in [7, 11) is 1.72. The molecular weight excluding hydrogens is 302 g/mol. The smallest absolute Gasteiger partial charge is 0.119 e. The molecule has 0 saturated carbocycles. The maximum atomic E-state index is 5.31. The third kappa shape index (κ3) is 5.53. The Morgan fingerprint density at radius 3 is 2.42 bits per heavy atom. The summed E-state index contributed by atoms with van der Waals surface area (Å²) in [6.45, 7) is 10.0. The minimum absolute atomic E-state index is 0.537. The summed E-state index contributed by atoms with van der Waals surface area (Å²) in [5, 5.41) is 3.55. The van der Waals surface area contributed by atoms with E-state index in [0.29, 0.717) is 17.9 Å². The van der Waals surface area contributed by atoms with E-state index in [-0.39, 0.29) is 0 Å². The van der Waals surface area contributed by atoms with Gasteiger partial charge in [-0.1, -0.05) is 43.6 Å². The van der Waals surface area contributed by atoms with Gasteiger partial charge in [-0.3, -0.25) is 0 Å². The monoisotopic (exact) mass is 327 g/mol. The molecule has 1 N–H and O–H groups in total. The van der Waals surface area contributed by atoms with Crippen LogP contribution in [0.4, 0.5) is 0 Å². The fourth-order valence-corrected chi connectivity index (χ4v) is 2.46. The Balaban J connectivity index is 2.78. The molecule has 0 heterocycles. The molecule has 0 spiro atoms. The van der Waals surface area contributed by atoms with Gasteiger partial charge in [0.15, 0.2) is 0 Å². The molecule has 19 heavy (non-hydrogen) atoms. The van der Waals surface area contributed by atoms with Crippen LogP contribution in [0.3, 0.4) is 0 Å². The Labute approximate surface area is 126 Å². The molecule has 2 nitrogen and oxygen atoms in total. The van der Waals surface area contributed by atoms with Crippen LogP contribution in [0.1, 0.15) is 33.3 Å². The van der Waals surface area contributed by atoms with Gasteiger partial charge in [-0.15, -0.1) is 0 Å². The van der Waals surface area contributed by atoms with Crippen LogP contribution in [0.25, 0.3) is 0 Å².